The first-order valence-electron chi connectivity index (χ1n) is 25.0. The summed E-state index contributed by atoms with van der Waals surface area (Å²) in [7, 11) is 0. The average Bonchev–Trinajstić information content (AvgIpc) is 4.02. The maximum Gasteiger partial charge on any atom is -1.00 e. The summed E-state index contributed by atoms with van der Waals surface area (Å²) in [6.45, 7) is 49.1. The molecule has 4 aliphatic carbocycles. The van der Waals surface area contributed by atoms with Gasteiger partial charge in [0.1, 0.15) is 0 Å². The van der Waals surface area contributed by atoms with Crippen molar-refractivity contribution < 1.29 is 73.3 Å². The van der Waals surface area contributed by atoms with Gasteiger partial charge in [0.2, 0.25) is 0 Å². The van der Waals surface area contributed by atoms with E-state index in [0.29, 0.717) is 10.8 Å². The molecule has 0 radical (unpaired) electrons. The molecule has 0 heterocycles. The Hall–Kier alpha value is -2.07. The summed E-state index contributed by atoms with van der Waals surface area (Å²) in [6.07, 6.45) is 19.1. The zero-order valence-corrected chi connectivity index (χ0v) is 54.1. The van der Waals surface area contributed by atoms with Gasteiger partial charge in [-0.1, -0.05) is 205 Å². The molecule has 4 aromatic carbocycles. The number of fused-ring (bicyclic) bond motifs is 6. The summed E-state index contributed by atoms with van der Waals surface area (Å²) in [4.78, 5) is 0. The summed E-state index contributed by atoms with van der Waals surface area (Å²) in [5.41, 5.74) is 21.0. The molecule has 70 heavy (non-hydrogen) atoms. The third-order valence-electron chi connectivity index (χ3n) is 12.2. The van der Waals surface area contributed by atoms with Crippen LogP contribution >= 0.6 is 0 Å². The van der Waals surface area contributed by atoms with E-state index >= 15 is 0 Å². The minimum atomic E-state index is 0. The van der Waals surface area contributed by atoms with Crippen LogP contribution in [0.1, 0.15) is 210 Å². The first kappa shape index (κ1) is 65.9. The Kier molecular flexibility index (Phi) is 25.4. The molecule has 0 spiro atoms. The number of halogens is 2. The number of allylic oxidation sites excluding steroid dienone is 8. The van der Waals surface area contributed by atoms with E-state index in [1.54, 1.807) is 48.5 Å². The van der Waals surface area contributed by atoms with Gasteiger partial charge >= 0.3 is 82.6 Å². The van der Waals surface area contributed by atoms with Crippen molar-refractivity contribution in [3.05, 3.63) is 165 Å². The third-order valence-corrected chi connectivity index (χ3v) is 12.2. The van der Waals surface area contributed by atoms with Crippen molar-refractivity contribution >= 4 is 6.41 Å². The van der Waals surface area contributed by atoms with Crippen LogP contribution in [0, 0.1) is 35.1 Å². The maximum absolute atomic E-state index is 3.53. The molecule has 0 amide bonds. The Morgan fingerprint density at radius 2 is 0.671 bits per heavy atom. The second-order valence-electron chi connectivity index (χ2n) is 25.6. The van der Waals surface area contributed by atoms with E-state index in [0.717, 1.165) is 25.7 Å². The Morgan fingerprint density at radius 3 is 0.886 bits per heavy atom. The quantitative estimate of drug-likeness (QED) is 0.133. The third kappa shape index (κ3) is 20.7. The van der Waals surface area contributed by atoms with E-state index in [1.165, 1.54) is 84.3 Å². The summed E-state index contributed by atoms with van der Waals surface area (Å²) in [5, 5.41) is 0. The van der Waals surface area contributed by atoms with Crippen LogP contribution in [0.5, 0.6) is 0 Å². The van der Waals surface area contributed by atoms with Gasteiger partial charge in [-0.3, -0.25) is 12.2 Å². The molecule has 0 atom stereocenters. The summed E-state index contributed by atoms with van der Waals surface area (Å²) >= 11 is 3.11. The Labute approximate surface area is 473 Å². The normalized spacial score (nSPS) is 13.9. The minimum Gasteiger partial charge on any atom is -1.00 e. The molecule has 0 unspecified atom stereocenters. The minimum absolute atomic E-state index is 0. The fraction of sp³-hybridized carbons (Fsp3) is 0.485. The molecule has 0 saturated carbocycles. The van der Waals surface area contributed by atoms with Crippen LogP contribution < -0.4 is 24.8 Å². The van der Waals surface area contributed by atoms with E-state index < -0.39 is 0 Å². The van der Waals surface area contributed by atoms with Gasteiger partial charge in [0, 0.05) is 0 Å². The van der Waals surface area contributed by atoms with Gasteiger partial charge in [0.25, 0.3) is 0 Å². The van der Waals surface area contributed by atoms with Crippen molar-refractivity contribution in [2.24, 2.45) is 10.8 Å². The van der Waals surface area contributed by atoms with Crippen LogP contribution in [-0.4, -0.2) is 6.41 Å². The van der Waals surface area contributed by atoms with E-state index in [-0.39, 0.29) is 46.5 Å². The predicted octanol–water partition coefficient (Wildman–Crippen LogP) is 12.2. The number of hydrogen-bond donors (Lipinski definition) is 0. The molecule has 0 fully saturated rings. The van der Waals surface area contributed by atoms with Crippen LogP contribution in [0.15, 0.2) is 96.1 Å². The van der Waals surface area contributed by atoms with Crippen LogP contribution in [0.2, 0.25) is 0 Å². The summed E-state index contributed by atoms with van der Waals surface area (Å²) in [6, 6.07) is 30.1. The molecule has 0 saturated heterocycles. The fourth-order valence-electron chi connectivity index (χ4n) is 7.81. The Morgan fingerprint density at radius 1 is 0.400 bits per heavy atom. The van der Waals surface area contributed by atoms with Gasteiger partial charge in [-0.25, -0.2) is 12.2 Å². The zero-order valence-electron chi connectivity index (χ0n) is 47.7. The van der Waals surface area contributed by atoms with Crippen molar-refractivity contribution in [2.75, 3.05) is 0 Å². The predicted molar refractivity (Wildman–Crippen MR) is 294 cm³/mol. The number of benzene rings is 4. The largest absolute Gasteiger partial charge is 1.00 e. The van der Waals surface area contributed by atoms with Crippen molar-refractivity contribution in [3.8, 4) is 22.3 Å². The molecule has 0 aromatic heterocycles. The van der Waals surface area contributed by atoms with E-state index in [1.807, 2.05) is 0 Å². The molecule has 0 aliphatic heterocycles. The Bertz CT molecular complexity index is 2210. The SMILES string of the molecule is CC(C)(C)C1=CC[C-]=C1.CC(C)(C)C1=CC[C-]=C1.CC(C)(C)c1c[c-]c2c(c1)-c1cc(C(C)(C)C)ccc1C2.CC(C)(C)c1c[c-]c2c(c1)-c1cc(C(C)(C)C)ccc1C2.C[C](C)=[Zr+2].C[C](C)=[Zr+2].[Cl-].[Cl-]. The van der Waals surface area contributed by atoms with Crippen LogP contribution in [-0.2, 0) is 83.0 Å². The van der Waals surface area contributed by atoms with Gasteiger partial charge in [-0.15, -0.1) is 24.0 Å². The standard InChI is InChI=1S/2C21H25.2C9H13.2C3H6.2ClH.2Zr/c2*1-20(2,3)16-9-7-14-11-15-8-10-17(21(4,5)6)13-19(15)18(14)12-16;2*1-9(2,3)8-6-4-5-7-8;2*1-3-2;;;;/h2*7,9-10,12-13H,11H2,1-6H3;2*6-7H,4H2,1-3H3;2*1-2H3;2*1H;;/q4*-1;;;;;2*+2/p-2. The first-order valence-corrected chi connectivity index (χ1v) is 27.4. The molecule has 4 heteroatoms. The smallest absolute Gasteiger partial charge is 1.00 e. The fourth-order valence-corrected chi connectivity index (χ4v) is 7.81. The van der Waals surface area contributed by atoms with Crippen LogP contribution in [0.25, 0.3) is 22.3 Å². The summed E-state index contributed by atoms with van der Waals surface area (Å²) < 4.78 is 3.01. The number of rotatable bonds is 0. The zero-order chi connectivity index (χ0) is 51.8. The van der Waals surface area contributed by atoms with Crippen molar-refractivity contribution in [3.63, 3.8) is 0 Å². The topological polar surface area (TPSA) is 0 Å². The molecule has 0 bridgehead atoms. The van der Waals surface area contributed by atoms with Crippen LogP contribution in [0.3, 0.4) is 0 Å². The molecular formula is C66H88Cl2Zr2-2. The van der Waals surface area contributed by atoms with Crippen LogP contribution in [0.4, 0.5) is 0 Å². The molecule has 0 N–H and O–H groups in total. The van der Waals surface area contributed by atoms with Gasteiger partial charge in [0.15, 0.2) is 0 Å². The molecule has 4 aliphatic rings. The molecule has 4 aromatic rings. The maximum atomic E-state index is 3.53. The molecule has 8 rings (SSSR count). The average molecular weight is 1130 g/mol. The second-order valence-corrected chi connectivity index (χ2v) is 30.5. The molecule has 376 valence electrons. The molecular weight excluding hydrogens is 1050 g/mol. The van der Waals surface area contributed by atoms with E-state index in [9.17, 15) is 0 Å². The first-order chi connectivity index (χ1) is 31.0. The van der Waals surface area contributed by atoms with Gasteiger partial charge < -0.3 is 24.8 Å². The van der Waals surface area contributed by atoms with Crippen molar-refractivity contribution in [1.29, 1.82) is 0 Å². The van der Waals surface area contributed by atoms with Gasteiger partial charge in [-0.2, -0.15) is 82.0 Å². The van der Waals surface area contributed by atoms with Crippen molar-refractivity contribution in [2.45, 2.75) is 200 Å². The van der Waals surface area contributed by atoms with Crippen molar-refractivity contribution in [1.82, 2.24) is 0 Å². The van der Waals surface area contributed by atoms with Gasteiger partial charge in [-0.05, 0) is 34.8 Å². The molecule has 0 nitrogen and oxygen atoms in total. The second kappa shape index (κ2) is 26.9. The summed E-state index contributed by atoms with van der Waals surface area (Å²) in [5.74, 6) is 0. The Balaban J connectivity index is 0.000000464. The number of hydrogen-bond acceptors (Lipinski definition) is 0. The monoisotopic (exact) mass is 1130 g/mol. The van der Waals surface area contributed by atoms with E-state index in [2.05, 4.69) is 262 Å². The van der Waals surface area contributed by atoms with Gasteiger partial charge in [0.05, 0.1) is 0 Å². The van der Waals surface area contributed by atoms with E-state index in [4.69, 9.17) is 0 Å².